The van der Waals surface area contributed by atoms with Gasteiger partial charge in [0.05, 0.1) is 44.0 Å². The van der Waals surface area contributed by atoms with Crippen LogP contribution >= 0.6 is 0 Å². The predicted molar refractivity (Wildman–Crippen MR) is 219 cm³/mol. The highest BCUT2D eigenvalue weighted by molar-refractivity contribution is 5.94. The van der Waals surface area contributed by atoms with Gasteiger partial charge in [0.15, 0.2) is 5.78 Å². The third kappa shape index (κ3) is 13.7. The minimum absolute atomic E-state index is 0.0571. The lowest BCUT2D eigenvalue weighted by molar-refractivity contribution is -0.145. The molecule has 0 spiro atoms. The molecule has 5 rings (SSSR count). The van der Waals surface area contributed by atoms with Gasteiger partial charge in [-0.25, -0.2) is 9.59 Å². The molecular formula is C47H50O14. The summed E-state index contributed by atoms with van der Waals surface area (Å²) in [5.74, 6) is -3.73. The summed E-state index contributed by atoms with van der Waals surface area (Å²) in [6.07, 6.45) is 7.08. The van der Waals surface area contributed by atoms with Crippen LogP contribution in [-0.2, 0) is 44.7 Å². The van der Waals surface area contributed by atoms with Crippen LogP contribution in [0, 0.1) is 23.7 Å². The van der Waals surface area contributed by atoms with Crippen LogP contribution in [-0.4, -0.2) is 61.9 Å². The Morgan fingerprint density at radius 2 is 1.00 bits per heavy atom. The molecule has 0 heterocycles. The Morgan fingerprint density at radius 3 is 1.49 bits per heavy atom. The first-order valence-corrected chi connectivity index (χ1v) is 20.3. The lowest BCUT2D eigenvalue weighted by Gasteiger charge is -2.26. The number of carbonyl (C=O) groups is 7. The number of benzene rings is 3. The minimum atomic E-state index is -0.797. The van der Waals surface area contributed by atoms with Crippen molar-refractivity contribution in [3.63, 3.8) is 0 Å². The average molecular weight is 839 g/mol. The maximum absolute atomic E-state index is 13.2. The van der Waals surface area contributed by atoms with Gasteiger partial charge in [0.25, 0.3) is 0 Å². The van der Waals surface area contributed by atoms with E-state index in [9.17, 15) is 33.6 Å². The van der Waals surface area contributed by atoms with Crippen LogP contribution in [0.1, 0.15) is 80.1 Å². The summed E-state index contributed by atoms with van der Waals surface area (Å²) in [5, 5.41) is 0. The number of hydrogen-bond acceptors (Lipinski definition) is 14. The van der Waals surface area contributed by atoms with Gasteiger partial charge in [-0.05, 0) is 130 Å². The second kappa shape index (κ2) is 22.7. The van der Waals surface area contributed by atoms with Crippen molar-refractivity contribution in [1.29, 1.82) is 0 Å². The van der Waals surface area contributed by atoms with Crippen molar-refractivity contribution in [1.82, 2.24) is 0 Å². The fraction of sp³-hybridized carbons (Fsp3) is 0.383. The monoisotopic (exact) mass is 838 g/mol. The topological polar surface area (TPSA) is 184 Å². The molecule has 2 aliphatic carbocycles. The summed E-state index contributed by atoms with van der Waals surface area (Å²) < 4.78 is 37.9. The normalized spacial score (nSPS) is 18.3. The smallest absolute Gasteiger partial charge is 0.341 e. The highest BCUT2D eigenvalue weighted by Gasteiger charge is 2.34. The third-order valence-corrected chi connectivity index (χ3v) is 10.6. The van der Waals surface area contributed by atoms with Gasteiger partial charge in [0.2, 0.25) is 0 Å². The average Bonchev–Trinajstić information content (AvgIpc) is 3.28. The molecule has 0 saturated heterocycles. The van der Waals surface area contributed by atoms with Gasteiger partial charge in [0.1, 0.15) is 34.3 Å². The van der Waals surface area contributed by atoms with Crippen molar-refractivity contribution in [2.45, 2.75) is 70.6 Å². The first kappa shape index (κ1) is 45.5. The predicted octanol–water partition coefficient (Wildman–Crippen LogP) is 7.29. The summed E-state index contributed by atoms with van der Waals surface area (Å²) in [4.78, 5) is 87.6. The van der Waals surface area contributed by atoms with Crippen LogP contribution in [0.15, 0.2) is 92.0 Å². The van der Waals surface area contributed by atoms with E-state index < -0.39 is 59.5 Å². The molecule has 322 valence electrons. The number of esters is 6. The molecule has 0 radical (unpaired) electrons. The van der Waals surface area contributed by atoms with E-state index in [1.807, 2.05) is 0 Å². The number of methoxy groups -OCH3 is 1. The van der Waals surface area contributed by atoms with E-state index >= 15 is 0 Å². The van der Waals surface area contributed by atoms with Crippen LogP contribution in [0.5, 0.6) is 28.7 Å². The van der Waals surface area contributed by atoms with Crippen molar-refractivity contribution in [3.8, 4) is 28.7 Å². The molecule has 3 aromatic rings. The van der Waals surface area contributed by atoms with E-state index in [-0.39, 0.29) is 35.9 Å². The second-order valence-electron chi connectivity index (χ2n) is 14.8. The fourth-order valence-electron chi connectivity index (χ4n) is 7.03. The van der Waals surface area contributed by atoms with Crippen LogP contribution in [0.3, 0.4) is 0 Å². The fourth-order valence-corrected chi connectivity index (χ4v) is 7.03. The van der Waals surface area contributed by atoms with Gasteiger partial charge in [-0.15, -0.1) is 0 Å². The van der Waals surface area contributed by atoms with Crippen LogP contribution in [0.4, 0.5) is 0 Å². The summed E-state index contributed by atoms with van der Waals surface area (Å²) in [6.45, 7) is 7.53. The lowest BCUT2D eigenvalue weighted by atomic mass is 9.82. The molecule has 61 heavy (non-hydrogen) atoms. The highest BCUT2D eigenvalue weighted by atomic mass is 16.6. The molecule has 0 bridgehead atoms. The number of carbonyl (C=O) groups excluding carboxylic acids is 7. The summed E-state index contributed by atoms with van der Waals surface area (Å²) >= 11 is 0. The number of allylic oxidation sites excluding steroid dienone is 1. The summed E-state index contributed by atoms with van der Waals surface area (Å²) in [5.41, 5.74) is 0.669. The molecule has 0 atom stereocenters. The van der Waals surface area contributed by atoms with Crippen LogP contribution in [0.25, 0.3) is 0 Å². The van der Waals surface area contributed by atoms with Crippen LogP contribution < -0.4 is 23.7 Å². The van der Waals surface area contributed by atoms with Gasteiger partial charge < -0.3 is 33.2 Å². The second-order valence-corrected chi connectivity index (χ2v) is 14.8. The molecule has 0 amide bonds. The zero-order valence-electron chi connectivity index (χ0n) is 34.1. The zero-order valence-corrected chi connectivity index (χ0v) is 34.1. The molecule has 0 N–H and O–H groups in total. The van der Waals surface area contributed by atoms with Gasteiger partial charge in [-0.3, -0.25) is 24.0 Å². The van der Waals surface area contributed by atoms with E-state index in [2.05, 4.69) is 13.2 Å². The molecule has 3 aromatic carbocycles. The largest absolute Gasteiger partial charge is 0.494 e. The third-order valence-electron chi connectivity index (χ3n) is 10.6. The Kier molecular flexibility index (Phi) is 16.9. The summed E-state index contributed by atoms with van der Waals surface area (Å²) in [7, 11) is 1.18. The quantitative estimate of drug-likeness (QED) is 0.0507. The van der Waals surface area contributed by atoms with Crippen molar-refractivity contribution in [3.05, 3.63) is 103 Å². The van der Waals surface area contributed by atoms with Crippen molar-refractivity contribution in [2.24, 2.45) is 23.7 Å². The van der Waals surface area contributed by atoms with Crippen molar-refractivity contribution in [2.75, 3.05) is 20.3 Å². The first-order chi connectivity index (χ1) is 29.5. The number of ether oxygens (including phenoxy) is 7. The maximum atomic E-state index is 13.2. The van der Waals surface area contributed by atoms with Crippen molar-refractivity contribution < 1.29 is 66.7 Å². The number of rotatable bonds is 19. The van der Waals surface area contributed by atoms with Gasteiger partial charge in [-0.1, -0.05) is 25.3 Å². The number of unbranched alkanes of at least 4 members (excludes halogenated alkanes) is 1. The molecule has 14 heteroatoms. The molecule has 0 unspecified atom stereocenters. The number of ketones is 1. The van der Waals surface area contributed by atoms with E-state index in [4.69, 9.17) is 33.2 Å². The standard InChI is InChI=1S/C47H50O14/c1-4-35(48)28-30-8-18-37(19-9-30)58-43(50)32-14-16-34(17-15-32)46(53)61-41-25-24-39(29-40(41)47(54)55-3)60-45(52)33-12-10-31(11-13-33)44(51)59-38-22-20-36(21-23-38)56-26-6-7-27-57-42(49)5-2/h4-5,8-9,18-25,29,31-34H,1-2,6-7,10-17,26-28H2,3H3/t31-,32-,33-,34-. The molecule has 14 nitrogen and oxygen atoms in total. The Morgan fingerprint density at radius 1 is 0.557 bits per heavy atom. The van der Waals surface area contributed by atoms with Crippen LogP contribution in [0.2, 0.25) is 0 Å². The molecule has 2 aliphatic rings. The molecular weight excluding hydrogens is 789 g/mol. The van der Waals surface area contributed by atoms with E-state index in [0.717, 1.165) is 11.6 Å². The Bertz CT molecular complexity index is 2050. The SMILES string of the molecule is C=CC(=O)Cc1ccc(OC(=O)[C@H]2CC[C@H](C(=O)Oc3ccc(OC(=O)[C@H]4CC[C@H](C(=O)Oc5ccc(OCCCCOC(=O)C=C)cc5)CC4)cc3C(=O)OC)CC2)cc1. The maximum Gasteiger partial charge on any atom is 0.341 e. The van der Waals surface area contributed by atoms with Gasteiger partial charge in [-0.2, -0.15) is 0 Å². The zero-order chi connectivity index (χ0) is 43.7. The van der Waals surface area contributed by atoms with E-state index in [1.54, 1.807) is 48.5 Å². The lowest BCUT2D eigenvalue weighted by Crippen LogP contribution is -2.31. The van der Waals surface area contributed by atoms with E-state index in [0.29, 0.717) is 88.1 Å². The first-order valence-electron chi connectivity index (χ1n) is 20.3. The highest BCUT2D eigenvalue weighted by Crippen LogP contribution is 2.35. The molecule has 0 aromatic heterocycles. The van der Waals surface area contributed by atoms with Crippen molar-refractivity contribution >= 4 is 41.6 Å². The Labute approximate surface area is 354 Å². The summed E-state index contributed by atoms with van der Waals surface area (Å²) in [6, 6.07) is 17.4. The minimum Gasteiger partial charge on any atom is -0.494 e. The molecule has 2 saturated carbocycles. The molecule has 2 fully saturated rings. The van der Waals surface area contributed by atoms with Gasteiger partial charge in [0, 0.05) is 12.5 Å². The Balaban J connectivity index is 1.04. The Hall–Kier alpha value is -6.57. The van der Waals surface area contributed by atoms with Gasteiger partial charge >= 0.3 is 35.8 Å². The van der Waals surface area contributed by atoms with E-state index in [1.165, 1.54) is 31.4 Å². The molecule has 0 aliphatic heterocycles. The number of hydrogen-bond donors (Lipinski definition) is 0.